The van der Waals surface area contributed by atoms with Crippen molar-refractivity contribution in [1.82, 2.24) is 14.3 Å². The maximum absolute atomic E-state index is 12.8. The zero-order chi connectivity index (χ0) is 14.7. The molecule has 7 heteroatoms. The molecule has 3 rings (SSSR count). The van der Waals surface area contributed by atoms with Crippen molar-refractivity contribution in [3.05, 3.63) is 5.82 Å². The van der Waals surface area contributed by atoms with Crippen molar-refractivity contribution in [2.45, 2.75) is 38.6 Å². The predicted molar refractivity (Wildman–Crippen MR) is 81.7 cm³/mol. The van der Waals surface area contributed by atoms with Gasteiger partial charge in [0.05, 0.1) is 13.2 Å². The Balaban J connectivity index is 1.75. The highest BCUT2D eigenvalue weighted by molar-refractivity contribution is 7.09. The van der Waals surface area contributed by atoms with E-state index in [2.05, 4.69) is 21.2 Å². The molecule has 1 aromatic rings. The van der Waals surface area contributed by atoms with Gasteiger partial charge in [0, 0.05) is 37.6 Å². The summed E-state index contributed by atoms with van der Waals surface area (Å²) in [6, 6.07) is -0.0745. The van der Waals surface area contributed by atoms with E-state index in [1.807, 2.05) is 4.90 Å². The molecule has 0 spiro atoms. The number of carbonyl (C=O) groups is 1. The Labute approximate surface area is 129 Å². The van der Waals surface area contributed by atoms with E-state index in [9.17, 15) is 4.79 Å². The van der Waals surface area contributed by atoms with E-state index in [-0.39, 0.29) is 11.9 Å². The third kappa shape index (κ3) is 3.18. The number of morpholine rings is 1. The van der Waals surface area contributed by atoms with Gasteiger partial charge in [0.15, 0.2) is 0 Å². The summed E-state index contributed by atoms with van der Waals surface area (Å²) < 4.78 is 9.70. The first kappa shape index (κ1) is 14.7. The standard InChI is InChI=1S/C14H22N4O2S/c1-2-12-15-14(21-16-12)18-6-4-3-5-11(18)13(19)17-7-9-20-10-8-17/h11H,2-10H2,1H3. The fourth-order valence-electron chi connectivity index (χ4n) is 2.92. The second-order valence-corrected chi connectivity index (χ2v) is 6.22. The first-order valence-corrected chi connectivity index (χ1v) is 8.52. The van der Waals surface area contributed by atoms with Crippen molar-refractivity contribution < 1.29 is 9.53 Å². The Hall–Kier alpha value is -1.21. The number of ether oxygens (including phenoxy) is 1. The van der Waals surface area contributed by atoms with E-state index in [1.54, 1.807) is 0 Å². The van der Waals surface area contributed by atoms with Crippen LogP contribution in [0.5, 0.6) is 0 Å². The van der Waals surface area contributed by atoms with E-state index in [1.165, 1.54) is 11.5 Å². The van der Waals surface area contributed by atoms with Crippen LogP contribution in [0.15, 0.2) is 0 Å². The minimum Gasteiger partial charge on any atom is -0.378 e. The monoisotopic (exact) mass is 310 g/mol. The Bertz CT molecular complexity index is 487. The number of hydrogen-bond acceptors (Lipinski definition) is 6. The molecule has 1 aromatic heterocycles. The van der Waals surface area contributed by atoms with Gasteiger partial charge in [-0.05, 0) is 19.3 Å². The lowest BCUT2D eigenvalue weighted by Crippen LogP contribution is -2.53. The van der Waals surface area contributed by atoms with E-state index >= 15 is 0 Å². The van der Waals surface area contributed by atoms with Gasteiger partial charge in [-0.25, -0.2) is 4.98 Å². The van der Waals surface area contributed by atoms with Crippen molar-refractivity contribution in [3.8, 4) is 0 Å². The first-order chi connectivity index (χ1) is 10.3. The highest BCUT2D eigenvalue weighted by atomic mass is 32.1. The van der Waals surface area contributed by atoms with E-state index in [4.69, 9.17) is 4.74 Å². The second kappa shape index (κ2) is 6.70. The zero-order valence-electron chi connectivity index (χ0n) is 12.5. The Kier molecular flexibility index (Phi) is 4.70. The molecule has 2 saturated heterocycles. The molecule has 2 fully saturated rings. The van der Waals surface area contributed by atoms with Gasteiger partial charge in [0.2, 0.25) is 11.0 Å². The summed E-state index contributed by atoms with van der Waals surface area (Å²) in [4.78, 5) is 21.5. The molecular formula is C14H22N4O2S. The number of carbonyl (C=O) groups excluding carboxylic acids is 1. The molecule has 6 nitrogen and oxygen atoms in total. The van der Waals surface area contributed by atoms with Crippen LogP contribution in [-0.4, -0.2) is 59.1 Å². The number of aryl methyl sites for hydroxylation is 1. The van der Waals surface area contributed by atoms with Crippen molar-refractivity contribution in [2.75, 3.05) is 37.7 Å². The maximum atomic E-state index is 12.8. The van der Waals surface area contributed by atoms with Crippen molar-refractivity contribution in [3.63, 3.8) is 0 Å². The summed E-state index contributed by atoms with van der Waals surface area (Å²) >= 11 is 1.42. The Morgan fingerprint density at radius 2 is 2.14 bits per heavy atom. The molecule has 2 aliphatic rings. The highest BCUT2D eigenvalue weighted by Gasteiger charge is 2.34. The molecule has 1 amide bonds. The van der Waals surface area contributed by atoms with Gasteiger partial charge in [-0.1, -0.05) is 6.92 Å². The lowest BCUT2D eigenvalue weighted by molar-refractivity contribution is -0.137. The molecule has 116 valence electrons. The Morgan fingerprint density at radius 3 is 2.86 bits per heavy atom. The van der Waals surface area contributed by atoms with Gasteiger partial charge in [-0.3, -0.25) is 4.79 Å². The lowest BCUT2D eigenvalue weighted by atomic mass is 10.0. The zero-order valence-corrected chi connectivity index (χ0v) is 13.3. The molecule has 0 aromatic carbocycles. The average Bonchev–Trinajstić information content (AvgIpc) is 3.04. The number of rotatable bonds is 3. The SMILES string of the molecule is CCc1nsc(N2CCCCC2C(=O)N2CCOCC2)n1. The van der Waals surface area contributed by atoms with Gasteiger partial charge in [0.25, 0.3) is 0 Å². The van der Waals surface area contributed by atoms with Crippen molar-refractivity contribution in [1.29, 1.82) is 0 Å². The van der Waals surface area contributed by atoms with E-state index in [0.717, 1.165) is 43.2 Å². The van der Waals surface area contributed by atoms with Gasteiger partial charge in [0.1, 0.15) is 11.9 Å². The van der Waals surface area contributed by atoms with E-state index < -0.39 is 0 Å². The molecule has 3 heterocycles. The van der Waals surface area contributed by atoms with E-state index in [0.29, 0.717) is 26.3 Å². The first-order valence-electron chi connectivity index (χ1n) is 7.75. The molecule has 1 atom stereocenters. The number of hydrogen-bond donors (Lipinski definition) is 0. The fraction of sp³-hybridized carbons (Fsp3) is 0.786. The van der Waals surface area contributed by atoms with Gasteiger partial charge in [-0.2, -0.15) is 4.37 Å². The van der Waals surface area contributed by atoms with Crippen LogP contribution in [-0.2, 0) is 16.0 Å². The summed E-state index contributed by atoms with van der Waals surface area (Å²) in [5.74, 6) is 1.10. The maximum Gasteiger partial charge on any atom is 0.245 e. The fourth-order valence-corrected chi connectivity index (χ4v) is 3.74. The largest absolute Gasteiger partial charge is 0.378 e. The minimum absolute atomic E-state index is 0.0745. The summed E-state index contributed by atoms with van der Waals surface area (Å²) in [7, 11) is 0. The highest BCUT2D eigenvalue weighted by Crippen LogP contribution is 2.27. The smallest absolute Gasteiger partial charge is 0.245 e. The molecule has 2 aliphatic heterocycles. The molecule has 0 aliphatic carbocycles. The number of nitrogens with zero attached hydrogens (tertiary/aromatic N) is 4. The molecular weight excluding hydrogens is 288 g/mol. The second-order valence-electron chi connectivity index (χ2n) is 5.49. The molecule has 0 N–H and O–H groups in total. The third-order valence-electron chi connectivity index (χ3n) is 4.13. The summed E-state index contributed by atoms with van der Waals surface area (Å²) in [6.07, 6.45) is 3.98. The predicted octanol–water partition coefficient (Wildman–Crippen LogP) is 1.32. The number of anilines is 1. The lowest BCUT2D eigenvalue weighted by Gasteiger charge is -2.38. The van der Waals surface area contributed by atoms with Crippen molar-refractivity contribution in [2.24, 2.45) is 0 Å². The van der Waals surface area contributed by atoms with Gasteiger partial charge in [-0.15, -0.1) is 0 Å². The van der Waals surface area contributed by atoms with Crippen LogP contribution in [0.2, 0.25) is 0 Å². The average molecular weight is 310 g/mol. The number of amides is 1. The van der Waals surface area contributed by atoms with Crippen LogP contribution < -0.4 is 4.90 Å². The van der Waals surface area contributed by atoms with Gasteiger partial charge < -0.3 is 14.5 Å². The summed E-state index contributed by atoms with van der Waals surface area (Å²) in [5.41, 5.74) is 0. The van der Waals surface area contributed by atoms with Gasteiger partial charge >= 0.3 is 0 Å². The molecule has 0 bridgehead atoms. The number of piperidine rings is 1. The molecule has 0 radical (unpaired) electrons. The van der Waals surface area contributed by atoms with Crippen LogP contribution >= 0.6 is 11.5 Å². The molecule has 1 unspecified atom stereocenters. The minimum atomic E-state index is -0.0745. The Morgan fingerprint density at radius 1 is 1.33 bits per heavy atom. The molecule has 21 heavy (non-hydrogen) atoms. The van der Waals surface area contributed by atoms with Crippen LogP contribution in [0.4, 0.5) is 5.13 Å². The van der Waals surface area contributed by atoms with Crippen LogP contribution in [0.3, 0.4) is 0 Å². The molecule has 0 saturated carbocycles. The number of aromatic nitrogens is 2. The topological polar surface area (TPSA) is 58.6 Å². The normalized spacial score (nSPS) is 23.4. The van der Waals surface area contributed by atoms with Crippen LogP contribution in [0.1, 0.15) is 32.0 Å². The third-order valence-corrected chi connectivity index (χ3v) is 4.92. The summed E-state index contributed by atoms with van der Waals surface area (Å²) in [6.45, 7) is 5.67. The van der Waals surface area contributed by atoms with Crippen molar-refractivity contribution >= 4 is 22.6 Å². The van der Waals surface area contributed by atoms with Crippen LogP contribution in [0.25, 0.3) is 0 Å². The van der Waals surface area contributed by atoms with Crippen LogP contribution in [0, 0.1) is 0 Å². The summed E-state index contributed by atoms with van der Waals surface area (Å²) in [5, 5.41) is 0.901. The quantitative estimate of drug-likeness (QED) is 0.843.